The third kappa shape index (κ3) is 6.71. The molecular formula is C27H29N3O6S. The third-order valence-corrected chi connectivity index (χ3v) is 6.93. The Bertz CT molecular complexity index is 1240. The number of carbonyl (C=O) groups excluding carboxylic acids is 4. The van der Waals surface area contributed by atoms with E-state index >= 15 is 0 Å². The van der Waals surface area contributed by atoms with E-state index in [9.17, 15) is 19.2 Å². The van der Waals surface area contributed by atoms with Crippen LogP contribution in [0, 0.1) is 6.92 Å². The number of piperidine rings is 1. The lowest BCUT2D eigenvalue weighted by molar-refractivity contribution is -0.136. The van der Waals surface area contributed by atoms with Gasteiger partial charge in [-0.25, -0.2) is 0 Å². The van der Waals surface area contributed by atoms with Crippen molar-refractivity contribution in [3.05, 3.63) is 58.5 Å². The van der Waals surface area contributed by atoms with Crippen molar-refractivity contribution in [1.29, 1.82) is 0 Å². The quantitative estimate of drug-likeness (QED) is 0.520. The molecule has 2 fully saturated rings. The SMILES string of the molecule is COc1cc(/C=C2\SC(=O)N(CC(=O)N3CCCCC3)C2=O)ccc1OCC(=O)Nc1cccc(C)c1. The maximum atomic E-state index is 12.9. The van der Waals surface area contributed by atoms with Crippen molar-refractivity contribution in [2.45, 2.75) is 26.2 Å². The van der Waals surface area contributed by atoms with Crippen LogP contribution in [0.1, 0.15) is 30.4 Å². The highest BCUT2D eigenvalue weighted by molar-refractivity contribution is 8.18. The first-order valence-corrected chi connectivity index (χ1v) is 12.9. The third-order valence-electron chi connectivity index (χ3n) is 6.02. The summed E-state index contributed by atoms with van der Waals surface area (Å²) < 4.78 is 11.0. The van der Waals surface area contributed by atoms with Gasteiger partial charge in [-0.1, -0.05) is 18.2 Å². The second-order valence-corrected chi connectivity index (χ2v) is 9.82. The average molecular weight is 524 g/mol. The molecular weight excluding hydrogens is 494 g/mol. The summed E-state index contributed by atoms with van der Waals surface area (Å²) in [7, 11) is 1.47. The molecule has 0 unspecified atom stereocenters. The Balaban J connectivity index is 1.38. The van der Waals surface area contributed by atoms with E-state index in [1.807, 2.05) is 25.1 Å². The van der Waals surface area contributed by atoms with Gasteiger partial charge in [-0.05, 0) is 79.4 Å². The van der Waals surface area contributed by atoms with E-state index in [1.165, 1.54) is 7.11 Å². The number of hydrogen-bond donors (Lipinski definition) is 1. The number of amides is 4. The average Bonchev–Trinajstić information content (AvgIpc) is 3.15. The number of carbonyl (C=O) groups is 4. The number of likely N-dealkylation sites (tertiary alicyclic amines) is 1. The molecule has 0 aromatic heterocycles. The molecule has 0 saturated carbocycles. The first-order valence-electron chi connectivity index (χ1n) is 12.0. The van der Waals surface area contributed by atoms with E-state index in [1.54, 1.807) is 35.2 Å². The molecule has 0 bridgehead atoms. The minimum absolute atomic E-state index is 0.210. The topological polar surface area (TPSA) is 105 Å². The Morgan fingerprint density at radius 2 is 1.84 bits per heavy atom. The van der Waals surface area contributed by atoms with Crippen molar-refractivity contribution in [2.75, 3.05) is 38.7 Å². The van der Waals surface area contributed by atoms with E-state index in [0.29, 0.717) is 35.8 Å². The highest BCUT2D eigenvalue weighted by Crippen LogP contribution is 2.34. The van der Waals surface area contributed by atoms with Crippen molar-refractivity contribution in [3.8, 4) is 11.5 Å². The van der Waals surface area contributed by atoms with Crippen molar-refractivity contribution in [2.24, 2.45) is 0 Å². The van der Waals surface area contributed by atoms with Gasteiger partial charge < -0.3 is 19.7 Å². The smallest absolute Gasteiger partial charge is 0.294 e. The Hall–Kier alpha value is -3.79. The molecule has 2 aliphatic heterocycles. The van der Waals surface area contributed by atoms with Crippen LogP contribution >= 0.6 is 11.8 Å². The number of nitrogens with zero attached hydrogens (tertiary/aromatic N) is 2. The molecule has 2 saturated heterocycles. The molecule has 4 rings (SSSR count). The van der Waals surface area contributed by atoms with Crippen LogP contribution < -0.4 is 14.8 Å². The number of ether oxygens (including phenoxy) is 2. The molecule has 0 radical (unpaired) electrons. The predicted molar refractivity (Wildman–Crippen MR) is 141 cm³/mol. The van der Waals surface area contributed by atoms with Gasteiger partial charge in [0.2, 0.25) is 5.91 Å². The number of anilines is 1. The Morgan fingerprint density at radius 1 is 1.05 bits per heavy atom. The summed E-state index contributed by atoms with van der Waals surface area (Å²) in [6.45, 7) is 2.80. The van der Waals surface area contributed by atoms with Crippen LogP contribution in [-0.4, -0.2) is 66.1 Å². The molecule has 2 aromatic carbocycles. The first-order chi connectivity index (χ1) is 17.8. The summed E-state index contributed by atoms with van der Waals surface area (Å²) in [5.74, 6) is -0.286. The first kappa shape index (κ1) is 26.3. The van der Waals surface area contributed by atoms with E-state index < -0.39 is 11.1 Å². The molecule has 0 aliphatic carbocycles. The Morgan fingerprint density at radius 3 is 2.57 bits per heavy atom. The highest BCUT2D eigenvalue weighted by Gasteiger charge is 2.37. The fraction of sp³-hybridized carbons (Fsp3) is 0.333. The fourth-order valence-electron chi connectivity index (χ4n) is 4.12. The zero-order chi connectivity index (χ0) is 26.4. The molecule has 0 spiro atoms. The largest absolute Gasteiger partial charge is 0.493 e. The van der Waals surface area contributed by atoms with Crippen LogP contribution in [-0.2, 0) is 14.4 Å². The minimum Gasteiger partial charge on any atom is -0.493 e. The Labute approximate surface area is 219 Å². The number of methoxy groups -OCH3 is 1. The normalized spacial score (nSPS) is 16.8. The summed E-state index contributed by atoms with van der Waals surface area (Å²) in [6, 6.07) is 12.4. The second-order valence-electron chi connectivity index (χ2n) is 8.83. The second kappa shape index (κ2) is 12.0. The van der Waals surface area contributed by atoms with Gasteiger partial charge in [0.25, 0.3) is 17.1 Å². The van der Waals surface area contributed by atoms with Crippen molar-refractivity contribution < 1.29 is 28.7 Å². The standard InChI is InChI=1S/C27H29N3O6S/c1-18-7-6-8-20(13-18)28-24(31)17-36-21-10-9-19(14-22(21)35-2)15-23-26(33)30(27(34)37-23)16-25(32)29-11-4-3-5-12-29/h6-10,13-15H,3-5,11-12,16-17H2,1-2H3,(H,28,31)/b23-15-. The van der Waals surface area contributed by atoms with Gasteiger partial charge in [-0.2, -0.15) is 0 Å². The van der Waals surface area contributed by atoms with Crippen molar-refractivity contribution in [1.82, 2.24) is 9.80 Å². The van der Waals surface area contributed by atoms with Crippen LogP contribution in [0.15, 0.2) is 47.4 Å². The maximum absolute atomic E-state index is 12.9. The number of hydrogen-bond acceptors (Lipinski definition) is 7. The number of imide groups is 1. The van der Waals surface area contributed by atoms with Gasteiger partial charge in [-0.15, -0.1) is 0 Å². The van der Waals surface area contributed by atoms with E-state index in [4.69, 9.17) is 9.47 Å². The number of nitrogens with one attached hydrogen (secondary N) is 1. The minimum atomic E-state index is -0.493. The van der Waals surface area contributed by atoms with Gasteiger partial charge in [0.05, 0.1) is 12.0 Å². The molecule has 2 aliphatic rings. The lowest BCUT2D eigenvalue weighted by atomic mass is 10.1. The van der Waals surface area contributed by atoms with Gasteiger partial charge in [0.15, 0.2) is 18.1 Å². The molecule has 0 atom stereocenters. The van der Waals surface area contributed by atoms with Gasteiger partial charge in [0, 0.05) is 18.8 Å². The zero-order valence-corrected chi connectivity index (χ0v) is 21.6. The van der Waals surface area contributed by atoms with Gasteiger partial charge in [0.1, 0.15) is 6.54 Å². The van der Waals surface area contributed by atoms with Gasteiger partial charge in [-0.3, -0.25) is 24.1 Å². The maximum Gasteiger partial charge on any atom is 0.294 e. The molecule has 194 valence electrons. The number of rotatable bonds is 8. The summed E-state index contributed by atoms with van der Waals surface area (Å²) in [5, 5.41) is 2.31. The monoisotopic (exact) mass is 523 g/mol. The summed E-state index contributed by atoms with van der Waals surface area (Å²) in [4.78, 5) is 53.1. The van der Waals surface area contributed by atoms with Crippen LogP contribution in [0.5, 0.6) is 11.5 Å². The molecule has 2 heterocycles. The van der Waals surface area contributed by atoms with Crippen LogP contribution in [0.2, 0.25) is 0 Å². The summed E-state index contributed by atoms with van der Waals surface area (Å²) in [5.41, 5.74) is 2.33. The van der Waals surface area contributed by atoms with Gasteiger partial charge >= 0.3 is 0 Å². The molecule has 2 aromatic rings. The van der Waals surface area contributed by atoms with E-state index in [2.05, 4.69) is 5.32 Å². The predicted octanol–water partition coefficient (Wildman–Crippen LogP) is 4.07. The zero-order valence-electron chi connectivity index (χ0n) is 20.8. The highest BCUT2D eigenvalue weighted by atomic mass is 32.2. The van der Waals surface area contributed by atoms with E-state index in [0.717, 1.165) is 41.5 Å². The summed E-state index contributed by atoms with van der Waals surface area (Å²) in [6.07, 6.45) is 4.54. The molecule has 1 N–H and O–H groups in total. The van der Waals surface area contributed by atoms with Crippen molar-refractivity contribution >= 4 is 46.5 Å². The van der Waals surface area contributed by atoms with Crippen LogP contribution in [0.4, 0.5) is 10.5 Å². The summed E-state index contributed by atoms with van der Waals surface area (Å²) >= 11 is 0.802. The fourth-order valence-corrected chi connectivity index (χ4v) is 4.96. The van der Waals surface area contributed by atoms with E-state index in [-0.39, 0.29) is 29.9 Å². The molecule has 37 heavy (non-hydrogen) atoms. The molecule has 10 heteroatoms. The number of benzene rings is 2. The van der Waals surface area contributed by atoms with Crippen LogP contribution in [0.25, 0.3) is 6.08 Å². The van der Waals surface area contributed by atoms with Crippen molar-refractivity contribution in [3.63, 3.8) is 0 Å². The number of aryl methyl sites for hydroxylation is 1. The lowest BCUT2D eigenvalue weighted by Crippen LogP contribution is -2.44. The lowest BCUT2D eigenvalue weighted by Gasteiger charge is -2.27. The Kier molecular flexibility index (Phi) is 8.50. The molecule has 4 amide bonds. The van der Waals surface area contributed by atoms with Crippen LogP contribution in [0.3, 0.4) is 0 Å². The molecule has 9 nitrogen and oxygen atoms in total. The number of thioether (sulfide) groups is 1.